The van der Waals surface area contributed by atoms with Crippen molar-refractivity contribution >= 4 is 63.2 Å². The zero-order chi connectivity index (χ0) is 37.3. The quantitative estimate of drug-likeness (QED) is 0.0604. The van der Waals surface area contributed by atoms with Gasteiger partial charge in [-0.2, -0.15) is 0 Å². The van der Waals surface area contributed by atoms with E-state index < -0.39 is 31.1 Å². The number of nitrogens with one attached hydrogen (secondary N) is 5. The minimum absolute atomic E-state index is 0.134. The fourth-order valence-corrected chi connectivity index (χ4v) is 5.87. The van der Waals surface area contributed by atoms with Crippen LogP contribution in [0.5, 0.6) is 5.75 Å². The van der Waals surface area contributed by atoms with Crippen LogP contribution in [0.1, 0.15) is 17.4 Å². The molecule has 5 aromatic rings. The molecule has 0 spiro atoms. The molecule has 2 amide bonds. The number of imidazole rings is 1. The van der Waals surface area contributed by atoms with Crippen molar-refractivity contribution in [3.05, 3.63) is 96.6 Å². The van der Waals surface area contributed by atoms with Crippen LogP contribution in [0.4, 0.5) is 22.9 Å². The summed E-state index contributed by atoms with van der Waals surface area (Å²) in [5.41, 5.74) is 4.50. The van der Waals surface area contributed by atoms with Crippen molar-refractivity contribution in [3.63, 3.8) is 0 Å². The molecular formula is C36H39N9O7S. The maximum absolute atomic E-state index is 12.8. The van der Waals surface area contributed by atoms with Gasteiger partial charge in [0.25, 0.3) is 0 Å². The number of aliphatic hydroxyl groups is 3. The van der Waals surface area contributed by atoms with Crippen LogP contribution in [0.3, 0.4) is 0 Å². The first-order valence-corrected chi connectivity index (χ1v) is 17.1. The molecule has 16 nitrogen and oxygen atoms in total. The van der Waals surface area contributed by atoms with Gasteiger partial charge in [0.2, 0.25) is 11.8 Å². The van der Waals surface area contributed by atoms with E-state index in [0.717, 1.165) is 22.6 Å². The highest BCUT2D eigenvalue weighted by Gasteiger charge is 2.44. The fourth-order valence-electron chi connectivity index (χ4n) is 5.65. The zero-order valence-corrected chi connectivity index (χ0v) is 29.4. The Labute approximate surface area is 309 Å². The molecule has 8 N–H and O–H groups in total. The van der Waals surface area contributed by atoms with Gasteiger partial charge in [-0.15, -0.1) is 0 Å². The summed E-state index contributed by atoms with van der Waals surface area (Å²) in [6, 6.07) is 21.7. The number of ether oxygens (including phenoxy) is 2. The number of nitrogens with zero attached hydrogens (tertiary/aromatic N) is 4. The van der Waals surface area contributed by atoms with E-state index in [4.69, 9.17) is 21.7 Å². The summed E-state index contributed by atoms with van der Waals surface area (Å²) >= 11 is 5.30. The molecule has 1 fully saturated rings. The predicted molar refractivity (Wildman–Crippen MR) is 201 cm³/mol. The van der Waals surface area contributed by atoms with E-state index >= 15 is 0 Å². The third kappa shape index (κ3) is 9.39. The van der Waals surface area contributed by atoms with Crippen molar-refractivity contribution < 1.29 is 34.4 Å². The number of fused-ring (bicyclic) bond motifs is 1. The summed E-state index contributed by atoms with van der Waals surface area (Å²) in [4.78, 5) is 38.2. The maximum atomic E-state index is 12.8. The number of anilines is 4. The molecule has 0 bridgehead atoms. The minimum Gasteiger partial charge on any atom is -0.497 e. The maximum Gasteiger partial charge on any atom is 0.228 e. The Morgan fingerprint density at radius 3 is 2.09 bits per heavy atom. The van der Waals surface area contributed by atoms with Gasteiger partial charge in [0.15, 0.2) is 28.3 Å². The lowest BCUT2D eigenvalue weighted by molar-refractivity contribution is -0.120. The normalized spacial score (nSPS) is 18.0. The number of benzene rings is 3. The van der Waals surface area contributed by atoms with Crippen molar-refractivity contribution in [1.29, 1.82) is 0 Å². The topological polar surface area (TPSA) is 217 Å². The molecule has 0 saturated carbocycles. The highest BCUT2D eigenvalue weighted by Crippen LogP contribution is 2.32. The first-order chi connectivity index (χ1) is 25.7. The van der Waals surface area contributed by atoms with Gasteiger partial charge in [0, 0.05) is 30.2 Å². The van der Waals surface area contributed by atoms with Crippen LogP contribution in [-0.4, -0.2) is 96.9 Å². The number of aromatic nitrogens is 4. The zero-order valence-electron chi connectivity index (χ0n) is 28.6. The predicted octanol–water partition coefficient (Wildman–Crippen LogP) is 2.02. The van der Waals surface area contributed by atoms with Gasteiger partial charge < -0.3 is 51.4 Å². The molecule has 0 radical (unpaired) electrons. The molecule has 3 aromatic carbocycles. The number of rotatable bonds is 14. The smallest absolute Gasteiger partial charge is 0.228 e. The second kappa shape index (κ2) is 17.2. The molecule has 3 heterocycles. The Morgan fingerprint density at radius 1 is 0.811 bits per heavy atom. The van der Waals surface area contributed by atoms with Gasteiger partial charge >= 0.3 is 0 Å². The van der Waals surface area contributed by atoms with Gasteiger partial charge in [0.05, 0.1) is 32.9 Å². The molecule has 53 heavy (non-hydrogen) atoms. The van der Waals surface area contributed by atoms with Crippen LogP contribution >= 0.6 is 12.2 Å². The van der Waals surface area contributed by atoms with E-state index in [1.165, 1.54) is 17.2 Å². The van der Waals surface area contributed by atoms with Gasteiger partial charge in [-0.1, -0.05) is 24.3 Å². The molecule has 4 atom stereocenters. The van der Waals surface area contributed by atoms with Gasteiger partial charge in [-0.05, 0) is 71.9 Å². The summed E-state index contributed by atoms with van der Waals surface area (Å²) in [6.45, 7) is 0.406. The summed E-state index contributed by atoms with van der Waals surface area (Å²) in [6.07, 6.45) is -1.34. The first-order valence-electron chi connectivity index (χ1n) is 16.7. The van der Waals surface area contributed by atoms with E-state index in [9.17, 15) is 24.9 Å². The number of aliphatic hydroxyl groups excluding tert-OH is 3. The van der Waals surface area contributed by atoms with Crippen LogP contribution in [0.25, 0.3) is 11.2 Å². The van der Waals surface area contributed by atoms with Gasteiger partial charge in [0.1, 0.15) is 30.4 Å². The average molecular weight is 742 g/mol. The standard InChI is InChI=1S/C36H39N9O7S/c1-51-26-12-10-25(11-13-26)44-36(53)38-15-14-37-28(47)16-21-2-6-23(7-3-21)42-29(48)17-22-4-8-24(9-5-22)43-33-30-34(40-19-39-33)45(20-41-30)35-32(50)31(49)27(18-46)52-35/h2-13,19-20,27,31-32,35,46,49-50H,14-18H2,1H3,(H,37,47)(H,42,48)(H2,38,44,53)(H,39,40,43). The number of carbonyl (C=O) groups is 2. The van der Waals surface area contributed by atoms with Gasteiger partial charge in [-0.25, -0.2) is 15.0 Å². The number of carbonyl (C=O) groups excluding carboxylic acids is 2. The van der Waals surface area contributed by atoms with E-state index in [0.29, 0.717) is 46.6 Å². The molecular weight excluding hydrogens is 703 g/mol. The van der Waals surface area contributed by atoms with Crippen LogP contribution < -0.4 is 31.3 Å². The molecule has 17 heteroatoms. The minimum atomic E-state index is -1.28. The summed E-state index contributed by atoms with van der Waals surface area (Å²) in [7, 11) is 1.61. The Hall–Kier alpha value is -5.72. The van der Waals surface area contributed by atoms with Crippen LogP contribution in [0.15, 0.2) is 85.5 Å². The van der Waals surface area contributed by atoms with E-state index in [2.05, 4.69) is 41.5 Å². The number of amides is 2. The number of methoxy groups -OCH3 is 1. The first kappa shape index (κ1) is 37.1. The molecule has 1 aliphatic heterocycles. The highest BCUT2D eigenvalue weighted by molar-refractivity contribution is 7.80. The lowest BCUT2D eigenvalue weighted by Crippen LogP contribution is -2.37. The lowest BCUT2D eigenvalue weighted by atomic mass is 10.1. The molecule has 4 unspecified atom stereocenters. The average Bonchev–Trinajstić information content (AvgIpc) is 3.72. The summed E-state index contributed by atoms with van der Waals surface area (Å²) in [5.74, 6) is 0.825. The third-order valence-corrected chi connectivity index (χ3v) is 8.66. The Bertz CT molecular complexity index is 2030. The third-order valence-electron chi connectivity index (χ3n) is 8.41. The SMILES string of the molecule is COc1ccc(NC(=S)NCCNC(=O)Cc2ccc(NC(=O)Cc3ccc(Nc4ncnc5c4ncn5C4OC(CO)C(O)C4O)cc3)cc2)cc1. The van der Waals surface area contributed by atoms with Crippen molar-refractivity contribution in [1.82, 2.24) is 30.2 Å². The Kier molecular flexibility index (Phi) is 12.0. The molecule has 2 aromatic heterocycles. The monoisotopic (exact) mass is 741 g/mol. The second-order valence-electron chi connectivity index (χ2n) is 12.2. The lowest BCUT2D eigenvalue weighted by Gasteiger charge is -2.16. The summed E-state index contributed by atoms with van der Waals surface area (Å²) < 4.78 is 12.3. The summed E-state index contributed by atoms with van der Waals surface area (Å²) in [5, 5.41) is 45.5. The highest BCUT2D eigenvalue weighted by atomic mass is 32.1. The fraction of sp³-hybridized carbons (Fsp3) is 0.278. The van der Waals surface area contributed by atoms with Crippen LogP contribution in [0.2, 0.25) is 0 Å². The van der Waals surface area contributed by atoms with Crippen molar-refractivity contribution in [2.75, 3.05) is 42.8 Å². The number of hydrogen-bond donors (Lipinski definition) is 8. The van der Waals surface area contributed by atoms with Crippen molar-refractivity contribution in [2.45, 2.75) is 37.4 Å². The Morgan fingerprint density at radius 2 is 1.43 bits per heavy atom. The molecule has 1 saturated heterocycles. The van der Waals surface area contributed by atoms with E-state index in [1.807, 2.05) is 48.5 Å². The van der Waals surface area contributed by atoms with Crippen LogP contribution in [-0.2, 0) is 27.2 Å². The number of hydrogen-bond acceptors (Lipinski definition) is 12. The van der Waals surface area contributed by atoms with Crippen molar-refractivity contribution in [3.8, 4) is 5.75 Å². The van der Waals surface area contributed by atoms with E-state index in [1.54, 1.807) is 31.4 Å². The van der Waals surface area contributed by atoms with Gasteiger partial charge in [-0.3, -0.25) is 14.2 Å². The second-order valence-corrected chi connectivity index (χ2v) is 12.6. The Balaban J connectivity index is 0.927. The molecule has 6 rings (SSSR count). The van der Waals surface area contributed by atoms with Crippen molar-refractivity contribution in [2.24, 2.45) is 0 Å². The molecule has 0 aliphatic carbocycles. The number of thiocarbonyl (C=S) groups is 1. The largest absolute Gasteiger partial charge is 0.497 e. The van der Waals surface area contributed by atoms with Crippen LogP contribution in [0, 0.1) is 0 Å². The molecule has 1 aliphatic rings. The molecule has 276 valence electrons. The van der Waals surface area contributed by atoms with E-state index in [-0.39, 0.29) is 24.7 Å².